The summed E-state index contributed by atoms with van der Waals surface area (Å²) in [6, 6.07) is 53.1. The molecule has 4 heterocycles. The molecule has 0 saturated heterocycles. The van der Waals surface area contributed by atoms with Crippen LogP contribution in [0.1, 0.15) is 17.5 Å². The summed E-state index contributed by atoms with van der Waals surface area (Å²) in [6.45, 7) is 0. The molecule has 0 spiro atoms. The second-order valence-corrected chi connectivity index (χ2v) is 14.9. The van der Waals surface area contributed by atoms with E-state index in [1.54, 1.807) is 0 Å². The second-order valence-electron chi connectivity index (χ2n) is 14.9. The lowest BCUT2D eigenvalue weighted by Crippen LogP contribution is -2.43. The largest absolute Gasteiger partial charge is 0.456 e. The SMILES string of the molecule is C1=CCC(C2N=C(c3ccc4oc5cc(-c6cccc7c6oc6c(-n8c9ccccc9c9ccccc98)cccc67)ccc5c4c3)N=C(c3ccccc3)N2)C=C1. The number of allylic oxidation sites excluding steroid dienone is 3. The van der Waals surface area contributed by atoms with Gasteiger partial charge in [-0.2, -0.15) is 0 Å². The predicted octanol–water partition coefficient (Wildman–Crippen LogP) is 12.5. The third-order valence-corrected chi connectivity index (χ3v) is 11.6. The minimum Gasteiger partial charge on any atom is -0.456 e. The van der Waals surface area contributed by atoms with E-state index in [0.29, 0.717) is 5.84 Å². The van der Waals surface area contributed by atoms with E-state index in [1.165, 1.54) is 10.8 Å². The molecule has 7 aromatic carbocycles. The summed E-state index contributed by atoms with van der Waals surface area (Å²) in [4.78, 5) is 10.2. The van der Waals surface area contributed by atoms with E-state index in [1.807, 2.05) is 24.3 Å². The predicted molar refractivity (Wildman–Crippen MR) is 234 cm³/mol. The lowest BCUT2D eigenvalue weighted by molar-refractivity contribution is 0.475. The maximum Gasteiger partial charge on any atom is 0.159 e. The molecule has 57 heavy (non-hydrogen) atoms. The second kappa shape index (κ2) is 12.5. The van der Waals surface area contributed by atoms with Crippen molar-refractivity contribution in [3.05, 3.63) is 187 Å². The molecule has 0 amide bonds. The van der Waals surface area contributed by atoms with Crippen LogP contribution in [0.15, 0.2) is 195 Å². The Hall–Kier alpha value is -7.44. The van der Waals surface area contributed by atoms with Gasteiger partial charge >= 0.3 is 0 Å². The average Bonchev–Trinajstić information content (AvgIpc) is 3.96. The maximum atomic E-state index is 6.95. The van der Waals surface area contributed by atoms with Gasteiger partial charge in [0.2, 0.25) is 0 Å². The van der Waals surface area contributed by atoms with Gasteiger partial charge in [-0.05, 0) is 60.5 Å². The van der Waals surface area contributed by atoms with E-state index in [-0.39, 0.29) is 12.1 Å². The Labute approximate surface area is 327 Å². The molecule has 1 N–H and O–H groups in total. The van der Waals surface area contributed by atoms with Gasteiger partial charge in [-0.3, -0.25) is 0 Å². The minimum absolute atomic E-state index is 0.132. The third-order valence-electron chi connectivity index (χ3n) is 11.6. The fraction of sp³-hybridized carbons (Fsp3) is 0.0588. The summed E-state index contributed by atoms with van der Waals surface area (Å²) in [5.74, 6) is 1.77. The topological polar surface area (TPSA) is 68.0 Å². The third kappa shape index (κ3) is 5.04. The first-order valence-corrected chi connectivity index (χ1v) is 19.5. The first-order chi connectivity index (χ1) is 28.2. The van der Waals surface area contributed by atoms with Crippen molar-refractivity contribution in [2.45, 2.75) is 12.6 Å². The van der Waals surface area contributed by atoms with Crippen LogP contribution in [0.5, 0.6) is 0 Å². The van der Waals surface area contributed by atoms with Crippen molar-refractivity contribution >= 4 is 77.4 Å². The van der Waals surface area contributed by atoms with Gasteiger partial charge < -0.3 is 18.7 Å². The van der Waals surface area contributed by atoms with Crippen LogP contribution in [-0.2, 0) is 0 Å². The Bertz CT molecular complexity index is 3320. The molecule has 10 aromatic rings. The van der Waals surface area contributed by atoms with E-state index in [9.17, 15) is 0 Å². The number of para-hydroxylation sites is 4. The van der Waals surface area contributed by atoms with Crippen molar-refractivity contribution in [1.82, 2.24) is 9.88 Å². The maximum absolute atomic E-state index is 6.95. The van der Waals surface area contributed by atoms with E-state index in [0.717, 1.165) is 95.1 Å². The molecule has 6 nitrogen and oxygen atoms in total. The number of benzene rings is 7. The average molecular weight is 735 g/mol. The van der Waals surface area contributed by atoms with Crippen molar-refractivity contribution in [1.29, 1.82) is 0 Å². The number of aromatic nitrogens is 1. The van der Waals surface area contributed by atoms with Crippen LogP contribution in [-0.4, -0.2) is 22.4 Å². The van der Waals surface area contributed by atoms with Gasteiger partial charge in [0, 0.05) is 54.9 Å². The molecule has 0 saturated carbocycles. The van der Waals surface area contributed by atoms with E-state index in [4.69, 9.17) is 18.8 Å². The van der Waals surface area contributed by atoms with Crippen molar-refractivity contribution < 1.29 is 8.83 Å². The number of nitrogens with one attached hydrogen (secondary N) is 1. The molecule has 1 aliphatic heterocycles. The summed E-state index contributed by atoms with van der Waals surface area (Å²) in [5.41, 5.74) is 10.7. The number of fused-ring (bicyclic) bond motifs is 9. The molecule has 12 rings (SSSR count). The fourth-order valence-electron chi connectivity index (χ4n) is 8.87. The Morgan fingerprint density at radius 3 is 2.09 bits per heavy atom. The molecule has 2 aliphatic rings. The first-order valence-electron chi connectivity index (χ1n) is 19.5. The summed E-state index contributed by atoms with van der Waals surface area (Å²) < 4.78 is 15.8. The van der Waals surface area contributed by atoms with Gasteiger partial charge in [-0.1, -0.05) is 127 Å². The number of hydrogen-bond donors (Lipinski definition) is 1. The molecule has 0 bridgehead atoms. The zero-order valence-electron chi connectivity index (χ0n) is 30.8. The quantitative estimate of drug-likeness (QED) is 0.191. The minimum atomic E-state index is -0.132. The van der Waals surface area contributed by atoms with E-state index >= 15 is 0 Å². The molecule has 1 aliphatic carbocycles. The highest BCUT2D eigenvalue weighted by Crippen LogP contribution is 2.42. The van der Waals surface area contributed by atoms with Gasteiger partial charge in [0.15, 0.2) is 11.4 Å². The van der Waals surface area contributed by atoms with Gasteiger partial charge in [0.1, 0.15) is 28.8 Å². The van der Waals surface area contributed by atoms with Crippen molar-refractivity contribution in [2.75, 3.05) is 0 Å². The van der Waals surface area contributed by atoms with Crippen molar-refractivity contribution in [3.8, 4) is 16.8 Å². The fourth-order valence-corrected chi connectivity index (χ4v) is 8.87. The molecule has 6 heteroatoms. The Morgan fingerprint density at radius 2 is 1.28 bits per heavy atom. The smallest absolute Gasteiger partial charge is 0.159 e. The Morgan fingerprint density at radius 1 is 0.544 bits per heavy atom. The molecule has 270 valence electrons. The van der Waals surface area contributed by atoms with Gasteiger partial charge in [0.25, 0.3) is 0 Å². The van der Waals surface area contributed by atoms with Crippen molar-refractivity contribution in [2.24, 2.45) is 15.9 Å². The monoisotopic (exact) mass is 734 g/mol. The van der Waals surface area contributed by atoms with E-state index in [2.05, 4.69) is 162 Å². The number of hydrogen-bond acceptors (Lipinski definition) is 5. The van der Waals surface area contributed by atoms with Crippen LogP contribution >= 0.6 is 0 Å². The van der Waals surface area contributed by atoms with Crippen LogP contribution in [0.4, 0.5) is 0 Å². The number of nitrogens with zero attached hydrogens (tertiary/aromatic N) is 3. The lowest BCUT2D eigenvalue weighted by Gasteiger charge is -2.28. The number of amidine groups is 2. The molecule has 2 atom stereocenters. The molecular weight excluding hydrogens is 701 g/mol. The van der Waals surface area contributed by atoms with Crippen LogP contribution < -0.4 is 5.32 Å². The highest BCUT2D eigenvalue weighted by atomic mass is 16.3. The highest BCUT2D eigenvalue weighted by molar-refractivity contribution is 6.17. The van der Waals surface area contributed by atoms with Gasteiger partial charge in [-0.15, -0.1) is 0 Å². The number of rotatable bonds is 5. The van der Waals surface area contributed by atoms with Crippen molar-refractivity contribution in [3.63, 3.8) is 0 Å². The molecule has 0 radical (unpaired) electrons. The van der Waals surface area contributed by atoms with Crippen LogP contribution in [0.3, 0.4) is 0 Å². The van der Waals surface area contributed by atoms with Crippen LogP contribution in [0, 0.1) is 5.92 Å². The van der Waals surface area contributed by atoms with Crippen LogP contribution in [0.25, 0.3) is 82.5 Å². The molecule has 3 aromatic heterocycles. The number of aliphatic imine (C=N–C) groups is 2. The summed E-state index contributed by atoms with van der Waals surface area (Å²) in [7, 11) is 0. The first kappa shape index (κ1) is 31.9. The molecular formula is C51H34N4O2. The summed E-state index contributed by atoms with van der Waals surface area (Å²) in [5, 5.41) is 10.3. The summed E-state index contributed by atoms with van der Waals surface area (Å²) in [6.07, 6.45) is 9.42. The molecule has 0 fully saturated rings. The van der Waals surface area contributed by atoms with E-state index < -0.39 is 0 Å². The zero-order chi connectivity index (χ0) is 37.5. The van der Waals surface area contributed by atoms with Crippen LogP contribution in [0.2, 0.25) is 0 Å². The Kier molecular flexibility index (Phi) is 7.01. The molecule has 2 unspecified atom stereocenters. The van der Waals surface area contributed by atoms with Gasteiger partial charge in [-0.25, -0.2) is 9.98 Å². The summed E-state index contributed by atoms with van der Waals surface area (Å²) >= 11 is 0. The Balaban J connectivity index is 0.964. The standard InChI is InChI=1S/C51H34N4O2/c1-3-13-31(14-4-1)49-52-50(32-15-5-2-6-16-32)54-51(53-49)34-26-28-45-41(29-34)38-27-25-33(30-46(38)56-45)35-19-11-20-39-40-21-12-24-44(48(40)57-47(35)39)55-42-22-9-7-17-36(42)37-18-8-10-23-43(37)55/h1-15,17-30,32,50H,16H2,(H,52,53,54). The lowest BCUT2D eigenvalue weighted by atomic mass is 9.96. The normalized spacial score (nSPS) is 16.9. The van der Waals surface area contributed by atoms with Gasteiger partial charge in [0.05, 0.1) is 16.7 Å². The number of furan rings is 2. The zero-order valence-corrected chi connectivity index (χ0v) is 30.8. The highest BCUT2D eigenvalue weighted by Gasteiger charge is 2.26.